The molecule has 2 aromatic heterocycles. The predicted molar refractivity (Wildman–Crippen MR) is 116 cm³/mol. The molecule has 0 fully saturated rings. The van der Waals surface area contributed by atoms with Gasteiger partial charge in [0.1, 0.15) is 17.7 Å². The van der Waals surface area contributed by atoms with Crippen molar-refractivity contribution in [3.05, 3.63) is 82.5 Å². The van der Waals surface area contributed by atoms with Crippen molar-refractivity contribution in [2.45, 2.75) is 12.0 Å². The van der Waals surface area contributed by atoms with Crippen LogP contribution in [0.5, 0.6) is 0 Å². The van der Waals surface area contributed by atoms with E-state index >= 15 is 4.39 Å². The summed E-state index contributed by atoms with van der Waals surface area (Å²) in [5.41, 5.74) is 5.10. The minimum absolute atomic E-state index is 0.00940. The quantitative estimate of drug-likeness (QED) is 0.352. The van der Waals surface area contributed by atoms with Gasteiger partial charge in [-0.25, -0.2) is 22.1 Å². The number of aliphatic hydroxyl groups is 1. The Morgan fingerprint density at radius 2 is 1.97 bits per heavy atom. The highest BCUT2D eigenvalue weighted by molar-refractivity contribution is 6.34. The number of pyridine rings is 1. The molecule has 12 heteroatoms. The van der Waals surface area contributed by atoms with E-state index in [2.05, 4.69) is 10.1 Å². The number of rotatable bonds is 6. The third kappa shape index (κ3) is 4.52. The highest BCUT2D eigenvalue weighted by Gasteiger charge is 2.40. The SMILES string of the molecule is Nc1nc2cc(-c3ccc(Cl)c(C(=O)NCC(F)(F)C(O)c4cccc(F)c4)c3F)ccn2n1. The standard InChI is InChI=1S/C22H16ClF4N5O2/c23-15-5-4-14(11-6-7-32-16(9-11)30-21(28)31-32)18(25)17(15)20(34)29-10-22(26,27)19(33)12-2-1-3-13(24)8-12/h1-9,19,33H,10H2,(H2,28,31)(H,29,34). The summed E-state index contributed by atoms with van der Waals surface area (Å²) in [6.45, 7) is -1.35. The summed E-state index contributed by atoms with van der Waals surface area (Å²) in [6.07, 6.45) is -0.923. The number of fused-ring (bicyclic) bond motifs is 1. The molecule has 0 aliphatic heterocycles. The van der Waals surface area contributed by atoms with Crippen molar-refractivity contribution >= 4 is 29.1 Å². The van der Waals surface area contributed by atoms with Gasteiger partial charge in [-0.1, -0.05) is 23.7 Å². The van der Waals surface area contributed by atoms with Crippen LogP contribution >= 0.6 is 11.6 Å². The number of hydrogen-bond acceptors (Lipinski definition) is 5. The van der Waals surface area contributed by atoms with Gasteiger partial charge >= 0.3 is 0 Å². The first-order valence-electron chi connectivity index (χ1n) is 9.76. The summed E-state index contributed by atoms with van der Waals surface area (Å²) >= 11 is 5.99. The van der Waals surface area contributed by atoms with Gasteiger partial charge in [0.2, 0.25) is 5.95 Å². The number of alkyl halides is 2. The van der Waals surface area contributed by atoms with Gasteiger partial charge in [-0.15, -0.1) is 5.10 Å². The molecule has 4 rings (SSSR count). The minimum Gasteiger partial charge on any atom is -0.382 e. The Morgan fingerprint density at radius 3 is 2.71 bits per heavy atom. The molecule has 0 radical (unpaired) electrons. The number of aliphatic hydroxyl groups excluding tert-OH is 1. The lowest BCUT2D eigenvalue weighted by molar-refractivity contribution is -0.106. The fourth-order valence-electron chi connectivity index (χ4n) is 3.35. The number of carbonyl (C=O) groups excluding carboxylic acids is 1. The number of carbonyl (C=O) groups is 1. The zero-order valence-corrected chi connectivity index (χ0v) is 17.9. The normalized spacial score (nSPS) is 12.6. The third-order valence-electron chi connectivity index (χ3n) is 5.03. The van der Waals surface area contributed by atoms with E-state index < -0.39 is 41.7 Å². The fraction of sp³-hybridized carbons (Fsp3) is 0.136. The van der Waals surface area contributed by atoms with Crippen LogP contribution in [-0.2, 0) is 0 Å². The molecule has 2 heterocycles. The van der Waals surface area contributed by atoms with Gasteiger partial charge in [0.15, 0.2) is 5.65 Å². The van der Waals surface area contributed by atoms with Crippen molar-refractivity contribution in [3.63, 3.8) is 0 Å². The molecule has 34 heavy (non-hydrogen) atoms. The zero-order chi connectivity index (χ0) is 24.6. The van der Waals surface area contributed by atoms with Crippen LogP contribution in [0.4, 0.5) is 23.5 Å². The van der Waals surface area contributed by atoms with Gasteiger partial charge in [0.25, 0.3) is 11.8 Å². The number of nitrogens with one attached hydrogen (secondary N) is 1. The molecule has 0 aliphatic rings. The van der Waals surface area contributed by atoms with Crippen LogP contribution < -0.4 is 11.1 Å². The Balaban J connectivity index is 1.58. The summed E-state index contributed by atoms with van der Waals surface area (Å²) in [4.78, 5) is 16.6. The topological polar surface area (TPSA) is 106 Å². The molecule has 0 saturated carbocycles. The van der Waals surface area contributed by atoms with E-state index in [1.165, 1.54) is 35.0 Å². The van der Waals surface area contributed by atoms with Gasteiger partial charge < -0.3 is 16.2 Å². The van der Waals surface area contributed by atoms with E-state index in [4.69, 9.17) is 17.3 Å². The van der Waals surface area contributed by atoms with Gasteiger partial charge in [-0.3, -0.25) is 4.79 Å². The molecule has 0 aliphatic carbocycles. The molecular weight excluding hydrogens is 478 g/mol. The predicted octanol–water partition coefficient (Wildman–Crippen LogP) is 4.01. The molecule has 2 aromatic carbocycles. The van der Waals surface area contributed by atoms with Gasteiger partial charge in [0.05, 0.1) is 17.1 Å². The van der Waals surface area contributed by atoms with Crippen LogP contribution in [0.3, 0.4) is 0 Å². The molecule has 0 saturated heterocycles. The van der Waals surface area contributed by atoms with E-state index in [0.29, 0.717) is 11.2 Å². The number of aromatic nitrogens is 3. The van der Waals surface area contributed by atoms with Crippen LogP contribution in [0.2, 0.25) is 5.02 Å². The first-order valence-corrected chi connectivity index (χ1v) is 10.1. The molecule has 0 bridgehead atoms. The second kappa shape index (κ2) is 8.92. The van der Waals surface area contributed by atoms with Crippen molar-refractivity contribution in [2.75, 3.05) is 12.3 Å². The van der Waals surface area contributed by atoms with Crippen molar-refractivity contribution in [3.8, 4) is 11.1 Å². The van der Waals surface area contributed by atoms with Crippen molar-refractivity contribution < 1.29 is 27.5 Å². The highest BCUT2D eigenvalue weighted by atomic mass is 35.5. The minimum atomic E-state index is -3.89. The van der Waals surface area contributed by atoms with Crippen LogP contribution in [0.15, 0.2) is 54.7 Å². The number of benzene rings is 2. The zero-order valence-electron chi connectivity index (χ0n) is 17.1. The summed E-state index contributed by atoms with van der Waals surface area (Å²) in [7, 11) is 0. The van der Waals surface area contributed by atoms with E-state index in [1.807, 2.05) is 5.32 Å². The van der Waals surface area contributed by atoms with E-state index in [1.54, 1.807) is 0 Å². The molecule has 4 aromatic rings. The van der Waals surface area contributed by atoms with Gasteiger partial charge in [0, 0.05) is 11.8 Å². The molecule has 1 atom stereocenters. The molecule has 4 N–H and O–H groups in total. The average molecular weight is 494 g/mol. The number of halogens is 5. The largest absolute Gasteiger partial charge is 0.382 e. The lowest BCUT2D eigenvalue weighted by atomic mass is 10.0. The van der Waals surface area contributed by atoms with E-state index in [9.17, 15) is 23.1 Å². The van der Waals surface area contributed by atoms with Crippen molar-refractivity contribution in [2.24, 2.45) is 0 Å². The van der Waals surface area contributed by atoms with Gasteiger partial charge in [-0.05, 0) is 47.5 Å². The van der Waals surface area contributed by atoms with E-state index in [0.717, 1.165) is 24.3 Å². The lowest BCUT2D eigenvalue weighted by Crippen LogP contribution is -2.41. The fourth-order valence-corrected chi connectivity index (χ4v) is 3.59. The Kier molecular flexibility index (Phi) is 6.15. The number of anilines is 1. The van der Waals surface area contributed by atoms with Crippen molar-refractivity contribution in [1.29, 1.82) is 0 Å². The third-order valence-corrected chi connectivity index (χ3v) is 5.35. The highest BCUT2D eigenvalue weighted by Crippen LogP contribution is 2.33. The summed E-state index contributed by atoms with van der Waals surface area (Å²) in [6, 6.07) is 9.60. The maximum absolute atomic E-state index is 15.3. The first kappa shape index (κ1) is 23.5. The number of amides is 1. The van der Waals surface area contributed by atoms with E-state index in [-0.39, 0.29) is 22.1 Å². The number of nitrogen functional groups attached to an aromatic ring is 1. The average Bonchev–Trinajstić information content (AvgIpc) is 3.16. The Hall–Kier alpha value is -3.70. The smallest absolute Gasteiger partial charge is 0.294 e. The molecule has 176 valence electrons. The molecular formula is C22H16ClF4N5O2. The lowest BCUT2D eigenvalue weighted by Gasteiger charge is -2.23. The van der Waals surface area contributed by atoms with Gasteiger partial charge in [-0.2, -0.15) is 4.98 Å². The Labute approximate surface area is 194 Å². The van der Waals surface area contributed by atoms with Crippen LogP contribution in [0.1, 0.15) is 22.0 Å². The maximum Gasteiger partial charge on any atom is 0.294 e. The Morgan fingerprint density at radius 1 is 1.21 bits per heavy atom. The summed E-state index contributed by atoms with van der Waals surface area (Å²) in [5, 5.41) is 15.4. The molecule has 1 unspecified atom stereocenters. The number of nitrogens with zero attached hydrogens (tertiary/aromatic N) is 3. The second-order valence-corrected chi connectivity index (χ2v) is 7.78. The summed E-state index contributed by atoms with van der Waals surface area (Å²) < 4.78 is 58.9. The monoisotopic (exact) mass is 493 g/mol. The molecule has 1 amide bonds. The summed E-state index contributed by atoms with van der Waals surface area (Å²) in [5.74, 6) is -6.95. The van der Waals surface area contributed by atoms with Crippen LogP contribution in [0, 0.1) is 11.6 Å². The Bertz CT molecular complexity index is 1400. The first-order chi connectivity index (χ1) is 16.1. The molecule has 0 spiro atoms. The molecule has 7 nitrogen and oxygen atoms in total. The van der Waals surface area contributed by atoms with Crippen LogP contribution in [0.25, 0.3) is 16.8 Å². The maximum atomic E-state index is 15.3. The number of nitrogens with two attached hydrogens (primary N) is 1. The van der Waals surface area contributed by atoms with Crippen LogP contribution in [-0.4, -0.2) is 38.1 Å². The second-order valence-electron chi connectivity index (χ2n) is 7.37. The number of hydrogen-bond donors (Lipinski definition) is 3. The van der Waals surface area contributed by atoms with Crippen molar-refractivity contribution in [1.82, 2.24) is 19.9 Å².